The molecule has 0 bridgehead atoms. The summed E-state index contributed by atoms with van der Waals surface area (Å²) in [5.74, 6) is -0.981. The SMILES string of the molecule is O=[N+]([O-])c1ccc(S(=O)(=O)N2CCC(c3nc(OCC(F)(F)F)nc(-c4cccc(C(F)(F)F)c4)n3)CC2)cc1. The molecule has 2 heterocycles. The third-order valence-corrected chi connectivity index (χ3v) is 7.86. The number of rotatable bonds is 7. The fraction of sp³-hybridized carbons (Fsp3) is 0.348. The minimum absolute atomic E-state index is 0.0483. The number of nitrogens with zero attached hydrogens (tertiary/aromatic N) is 5. The van der Waals surface area contributed by atoms with Crippen molar-refractivity contribution in [2.75, 3.05) is 19.7 Å². The topological polar surface area (TPSA) is 128 Å². The number of halogens is 6. The summed E-state index contributed by atoms with van der Waals surface area (Å²) in [7, 11) is -4.01. The molecule has 0 aliphatic carbocycles. The van der Waals surface area contributed by atoms with Gasteiger partial charge in [-0.3, -0.25) is 10.1 Å². The summed E-state index contributed by atoms with van der Waals surface area (Å²) in [6, 6.07) is 7.50. The monoisotopic (exact) mass is 591 g/mol. The largest absolute Gasteiger partial charge is 0.454 e. The molecule has 0 spiro atoms. The van der Waals surface area contributed by atoms with Crippen molar-refractivity contribution < 1.29 is 44.4 Å². The van der Waals surface area contributed by atoms with Crippen LogP contribution in [0.2, 0.25) is 0 Å². The number of sulfonamides is 1. The summed E-state index contributed by atoms with van der Waals surface area (Å²) < 4.78 is 110. The van der Waals surface area contributed by atoms with Crippen LogP contribution in [0.25, 0.3) is 11.4 Å². The van der Waals surface area contributed by atoms with Crippen LogP contribution in [0.15, 0.2) is 53.4 Å². The molecule has 1 aliphatic heterocycles. The maximum Gasteiger partial charge on any atom is 0.422 e. The Balaban J connectivity index is 1.59. The molecular formula is C23H19F6N5O5S. The van der Waals surface area contributed by atoms with Gasteiger partial charge in [0.1, 0.15) is 5.82 Å². The fourth-order valence-corrected chi connectivity index (χ4v) is 5.44. The van der Waals surface area contributed by atoms with E-state index in [9.17, 15) is 44.9 Å². The van der Waals surface area contributed by atoms with Crippen LogP contribution in [-0.4, -0.2) is 58.5 Å². The second kappa shape index (κ2) is 11.0. The second-order valence-corrected chi connectivity index (χ2v) is 10.6. The molecule has 1 fully saturated rings. The van der Waals surface area contributed by atoms with Gasteiger partial charge in [0.2, 0.25) is 10.0 Å². The number of non-ortho nitro benzene ring substituents is 1. The molecule has 3 aromatic rings. The number of nitro benzene ring substituents is 1. The molecule has 4 rings (SSSR count). The number of benzene rings is 2. The molecule has 0 saturated carbocycles. The lowest BCUT2D eigenvalue weighted by molar-refractivity contribution is -0.384. The third kappa shape index (κ3) is 6.82. The van der Waals surface area contributed by atoms with Gasteiger partial charge in [0.05, 0.1) is 15.4 Å². The van der Waals surface area contributed by atoms with Crippen molar-refractivity contribution in [3.8, 4) is 17.4 Å². The van der Waals surface area contributed by atoms with Gasteiger partial charge < -0.3 is 4.74 Å². The number of hydrogen-bond donors (Lipinski definition) is 0. The molecule has 10 nitrogen and oxygen atoms in total. The molecule has 0 unspecified atom stereocenters. The van der Waals surface area contributed by atoms with Crippen molar-refractivity contribution in [3.63, 3.8) is 0 Å². The van der Waals surface area contributed by atoms with Gasteiger partial charge in [-0.25, -0.2) is 13.4 Å². The van der Waals surface area contributed by atoms with Crippen molar-refractivity contribution in [3.05, 3.63) is 70.0 Å². The van der Waals surface area contributed by atoms with E-state index >= 15 is 0 Å². The number of aromatic nitrogens is 3. The van der Waals surface area contributed by atoms with Crippen LogP contribution in [0.1, 0.15) is 30.1 Å². The standard InChI is InChI=1S/C23H19F6N5O5S/c24-22(25,26)13-39-21-31-19(30-20(32-21)15-2-1-3-16(12-15)23(27,28)29)14-8-10-33(11-9-14)40(37,38)18-6-4-17(5-7-18)34(35)36/h1-7,12,14H,8-11,13H2. The van der Waals surface area contributed by atoms with E-state index < -0.39 is 51.4 Å². The van der Waals surface area contributed by atoms with E-state index in [1.807, 2.05) is 0 Å². The van der Waals surface area contributed by atoms with Crippen LogP contribution in [0.5, 0.6) is 6.01 Å². The molecule has 1 aliphatic rings. The number of nitro groups is 1. The van der Waals surface area contributed by atoms with Gasteiger partial charge in [-0.05, 0) is 37.1 Å². The lowest BCUT2D eigenvalue weighted by Crippen LogP contribution is -2.38. The normalized spacial score (nSPS) is 15.7. The molecule has 17 heteroatoms. The molecule has 1 saturated heterocycles. The van der Waals surface area contributed by atoms with E-state index in [-0.39, 0.29) is 53.7 Å². The summed E-state index contributed by atoms with van der Waals surface area (Å²) in [5.41, 5.74) is -1.43. The Labute approximate surface area is 222 Å². The average molecular weight is 591 g/mol. The molecule has 214 valence electrons. The van der Waals surface area contributed by atoms with Crippen molar-refractivity contribution in [2.24, 2.45) is 0 Å². The predicted octanol–water partition coefficient (Wildman–Crippen LogP) is 4.98. The smallest absolute Gasteiger partial charge is 0.422 e. The lowest BCUT2D eigenvalue weighted by atomic mass is 9.97. The first-order valence-corrected chi connectivity index (χ1v) is 13.0. The van der Waals surface area contributed by atoms with Crippen LogP contribution in [0.3, 0.4) is 0 Å². The van der Waals surface area contributed by atoms with Gasteiger partial charge in [0.15, 0.2) is 12.4 Å². The maximum absolute atomic E-state index is 13.2. The van der Waals surface area contributed by atoms with Crippen LogP contribution < -0.4 is 4.74 Å². The molecular weight excluding hydrogens is 572 g/mol. The highest BCUT2D eigenvalue weighted by molar-refractivity contribution is 7.89. The van der Waals surface area contributed by atoms with Crippen molar-refractivity contribution in [2.45, 2.75) is 36.0 Å². The number of alkyl halides is 6. The van der Waals surface area contributed by atoms with Crippen molar-refractivity contribution in [1.29, 1.82) is 0 Å². The fourth-order valence-electron chi connectivity index (χ4n) is 3.97. The van der Waals surface area contributed by atoms with Crippen LogP contribution in [0.4, 0.5) is 32.0 Å². The molecule has 40 heavy (non-hydrogen) atoms. The highest BCUT2D eigenvalue weighted by atomic mass is 32.2. The molecule has 0 atom stereocenters. The first-order valence-electron chi connectivity index (χ1n) is 11.5. The first-order chi connectivity index (χ1) is 18.6. The van der Waals surface area contributed by atoms with E-state index in [1.165, 1.54) is 6.07 Å². The molecule has 1 aromatic heterocycles. The van der Waals surface area contributed by atoms with E-state index in [4.69, 9.17) is 0 Å². The highest BCUT2D eigenvalue weighted by Crippen LogP contribution is 2.34. The van der Waals surface area contributed by atoms with Gasteiger partial charge in [-0.15, -0.1) is 0 Å². The van der Waals surface area contributed by atoms with Crippen LogP contribution in [-0.2, 0) is 16.2 Å². The summed E-state index contributed by atoms with van der Waals surface area (Å²) in [6.07, 6.45) is -9.18. The van der Waals surface area contributed by atoms with Crippen molar-refractivity contribution >= 4 is 15.7 Å². The highest BCUT2D eigenvalue weighted by Gasteiger charge is 2.34. The quantitative estimate of drug-likeness (QED) is 0.214. The minimum atomic E-state index is -4.74. The Hall–Kier alpha value is -3.86. The molecule has 0 N–H and O–H groups in total. The Kier molecular flexibility index (Phi) is 7.98. The molecule has 2 aromatic carbocycles. The van der Waals surface area contributed by atoms with Gasteiger partial charge in [0.25, 0.3) is 5.69 Å². The van der Waals surface area contributed by atoms with Crippen LogP contribution in [0, 0.1) is 10.1 Å². The summed E-state index contributed by atoms with van der Waals surface area (Å²) in [4.78, 5) is 21.9. The predicted molar refractivity (Wildman–Crippen MR) is 126 cm³/mol. The van der Waals surface area contributed by atoms with E-state index in [2.05, 4.69) is 19.7 Å². The summed E-state index contributed by atoms with van der Waals surface area (Å²) >= 11 is 0. The number of ether oxygens (including phenoxy) is 1. The van der Waals surface area contributed by atoms with E-state index in [0.29, 0.717) is 0 Å². The van der Waals surface area contributed by atoms with Gasteiger partial charge in [-0.2, -0.15) is 40.6 Å². The molecule has 0 amide bonds. The van der Waals surface area contributed by atoms with Crippen LogP contribution >= 0.6 is 0 Å². The Morgan fingerprint density at radius 3 is 2.20 bits per heavy atom. The second-order valence-electron chi connectivity index (χ2n) is 8.71. The summed E-state index contributed by atoms with van der Waals surface area (Å²) in [5, 5.41) is 10.8. The van der Waals surface area contributed by atoms with E-state index in [0.717, 1.165) is 46.8 Å². The Morgan fingerprint density at radius 2 is 1.62 bits per heavy atom. The zero-order valence-corrected chi connectivity index (χ0v) is 21.0. The number of hydrogen-bond acceptors (Lipinski definition) is 8. The number of piperidine rings is 1. The molecule has 0 radical (unpaired) electrons. The Bertz CT molecular complexity index is 1490. The van der Waals surface area contributed by atoms with Gasteiger partial charge in [0, 0.05) is 36.7 Å². The van der Waals surface area contributed by atoms with Gasteiger partial charge in [-0.1, -0.05) is 12.1 Å². The zero-order chi connectivity index (χ0) is 29.3. The lowest BCUT2D eigenvalue weighted by Gasteiger charge is -2.30. The van der Waals surface area contributed by atoms with Crippen molar-refractivity contribution in [1.82, 2.24) is 19.3 Å². The van der Waals surface area contributed by atoms with E-state index in [1.54, 1.807) is 0 Å². The first kappa shape index (κ1) is 29.1. The maximum atomic E-state index is 13.2. The third-order valence-electron chi connectivity index (χ3n) is 5.95. The van der Waals surface area contributed by atoms with Gasteiger partial charge >= 0.3 is 18.4 Å². The zero-order valence-electron chi connectivity index (χ0n) is 20.2. The summed E-state index contributed by atoms with van der Waals surface area (Å²) in [6.45, 7) is -1.84. The Morgan fingerprint density at radius 1 is 0.975 bits per heavy atom. The average Bonchev–Trinajstić information content (AvgIpc) is 2.91. The minimum Gasteiger partial charge on any atom is -0.454 e.